The van der Waals surface area contributed by atoms with Crippen molar-refractivity contribution in [1.29, 1.82) is 0 Å². The highest BCUT2D eigenvalue weighted by atomic mass is 32.2. The van der Waals surface area contributed by atoms with Gasteiger partial charge in [0.25, 0.3) is 0 Å². The minimum absolute atomic E-state index is 0.334. The molecule has 0 aliphatic rings. The summed E-state index contributed by atoms with van der Waals surface area (Å²) < 4.78 is 1.91. The third-order valence-electron chi connectivity index (χ3n) is 2.76. The summed E-state index contributed by atoms with van der Waals surface area (Å²) in [7, 11) is 1.97. The number of thioether (sulfide) groups is 1. The van der Waals surface area contributed by atoms with Gasteiger partial charge >= 0.3 is 0 Å². The predicted octanol–water partition coefficient (Wildman–Crippen LogP) is 1.70. The summed E-state index contributed by atoms with van der Waals surface area (Å²) in [4.78, 5) is 0. The predicted molar refractivity (Wildman–Crippen MR) is 72.2 cm³/mol. The summed E-state index contributed by atoms with van der Waals surface area (Å²) >= 11 is 1.81. The van der Waals surface area contributed by atoms with Gasteiger partial charge in [0.05, 0.1) is 16.3 Å². The van der Waals surface area contributed by atoms with Crippen LogP contribution in [0.1, 0.15) is 31.9 Å². The Balaban J connectivity index is 2.19. The Morgan fingerprint density at radius 1 is 1.53 bits per heavy atom. The highest BCUT2D eigenvalue weighted by Crippen LogP contribution is 2.21. The second kappa shape index (κ2) is 6.42. The van der Waals surface area contributed by atoms with Crippen LogP contribution in [-0.2, 0) is 7.05 Å². The first kappa shape index (κ1) is 14.5. The molecule has 0 fully saturated rings. The normalized spacial score (nSPS) is 14.9. The molecule has 0 saturated carbocycles. The Morgan fingerprint density at radius 2 is 2.24 bits per heavy atom. The molecule has 1 heterocycles. The largest absolute Gasteiger partial charge is 0.389 e. The number of unbranched alkanes of at least 4 members (excludes halogenated alkanes) is 1. The van der Waals surface area contributed by atoms with Gasteiger partial charge in [0.1, 0.15) is 0 Å². The third-order valence-corrected chi connectivity index (χ3v) is 3.93. The molecular formula is C12H23N3OS. The van der Waals surface area contributed by atoms with Gasteiger partial charge < -0.3 is 10.8 Å². The van der Waals surface area contributed by atoms with E-state index in [0.717, 1.165) is 30.7 Å². The summed E-state index contributed by atoms with van der Waals surface area (Å²) in [6, 6.07) is 2.10. The number of aryl methyl sites for hydroxylation is 2. The zero-order valence-electron chi connectivity index (χ0n) is 10.9. The van der Waals surface area contributed by atoms with Crippen LogP contribution in [0.3, 0.4) is 0 Å². The van der Waals surface area contributed by atoms with Gasteiger partial charge in [-0.15, -0.1) is 11.8 Å². The summed E-state index contributed by atoms with van der Waals surface area (Å²) in [5.74, 6) is 1.06. The van der Waals surface area contributed by atoms with Crippen LogP contribution in [0.2, 0.25) is 0 Å². The molecule has 1 atom stereocenters. The van der Waals surface area contributed by atoms with Crippen molar-refractivity contribution in [2.75, 3.05) is 12.3 Å². The highest BCUT2D eigenvalue weighted by Gasteiger charge is 2.16. The number of nitrogens with zero attached hydrogens (tertiary/aromatic N) is 2. The van der Waals surface area contributed by atoms with Crippen molar-refractivity contribution < 1.29 is 5.11 Å². The quantitative estimate of drug-likeness (QED) is 0.576. The maximum absolute atomic E-state index is 9.74. The van der Waals surface area contributed by atoms with E-state index in [2.05, 4.69) is 11.2 Å². The molecule has 0 aliphatic heterocycles. The number of aliphatic hydroxyl groups is 1. The molecule has 4 nitrogen and oxygen atoms in total. The topological polar surface area (TPSA) is 64.1 Å². The number of nitrogens with two attached hydrogens (primary N) is 1. The number of aromatic nitrogens is 2. The van der Waals surface area contributed by atoms with E-state index in [1.807, 2.05) is 30.4 Å². The van der Waals surface area contributed by atoms with Crippen molar-refractivity contribution in [3.05, 3.63) is 11.8 Å². The highest BCUT2D eigenvalue weighted by molar-refractivity contribution is 7.99. The Labute approximate surface area is 108 Å². The Bertz CT molecular complexity index is 350. The average molecular weight is 257 g/mol. The van der Waals surface area contributed by atoms with E-state index in [9.17, 15) is 5.11 Å². The molecule has 1 unspecified atom stereocenters. The van der Waals surface area contributed by atoms with Crippen molar-refractivity contribution >= 4 is 11.8 Å². The fourth-order valence-electron chi connectivity index (χ4n) is 1.61. The smallest absolute Gasteiger partial charge is 0.0939 e. The van der Waals surface area contributed by atoms with Gasteiger partial charge in [0, 0.05) is 13.6 Å². The van der Waals surface area contributed by atoms with E-state index >= 15 is 0 Å². The zero-order chi connectivity index (χ0) is 12.9. The first-order chi connectivity index (χ1) is 7.94. The van der Waals surface area contributed by atoms with Crippen LogP contribution in [0.25, 0.3) is 0 Å². The number of hydrogen-bond acceptors (Lipinski definition) is 4. The summed E-state index contributed by atoms with van der Waals surface area (Å²) in [5, 5.41) is 15.2. The minimum Gasteiger partial charge on any atom is -0.389 e. The van der Waals surface area contributed by atoms with Crippen LogP contribution in [0.5, 0.6) is 0 Å². The van der Waals surface area contributed by atoms with Crippen LogP contribution in [-0.4, -0.2) is 32.8 Å². The molecule has 0 amide bonds. The third kappa shape index (κ3) is 5.10. The minimum atomic E-state index is -0.701. The molecule has 0 saturated heterocycles. The van der Waals surface area contributed by atoms with Crippen molar-refractivity contribution in [2.24, 2.45) is 12.8 Å². The molecule has 0 radical (unpaired) electrons. The Kier molecular flexibility index (Phi) is 5.49. The van der Waals surface area contributed by atoms with E-state index in [1.165, 1.54) is 5.03 Å². The molecule has 5 heteroatoms. The molecule has 17 heavy (non-hydrogen) atoms. The van der Waals surface area contributed by atoms with Gasteiger partial charge in [-0.1, -0.05) is 0 Å². The van der Waals surface area contributed by atoms with Crippen LogP contribution in [0.15, 0.2) is 11.1 Å². The second-order valence-electron chi connectivity index (χ2n) is 4.75. The second-order valence-corrected chi connectivity index (χ2v) is 5.87. The van der Waals surface area contributed by atoms with Crippen molar-refractivity contribution in [1.82, 2.24) is 9.78 Å². The van der Waals surface area contributed by atoms with Crippen LogP contribution in [0, 0.1) is 6.92 Å². The van der Waals surface area contributed by atoms with Gasteiger partial charge in [-0.05, 0) is 44.9 Å². The lowest BCUT2D eigenvalue weighted by Gasteiger charge is -2.20. The van der Waals surface area contributed by atoms with Gasteiger partial charge in [-0.25, -0.2) is 0 Å². The fraction of sp³-hybridized carbons (Fsp3) is 0.750. The van der Waals surface area contributed by atoms with Gasteiger partial charge in [-0.3, -0.25) is 4.68 Å². The lowest BCUT2D eigenvalue weighted by atomic mass is 10.00. The molecular weight excluding hydrogens is 234 g/mol. The lowest BCUT2D eigenvalue weighted by Crippen LogP contribution is -2.33. The van der Waals surface area contributed by atoms with Gasteiger partial charge in [-0.2, -0.15) is 5.10 Å². The van der Waals surface area contributed by atoms with Gasteiger partial charge in [0.2, 0.25) is 0 Å². The Morgan fingerprint density at radius 3 is 2.76 bits per heavy atom. The SMILES string of the molecule is Cc1cc(SCCCCC(C)(O)CN)n(C)n1. The zero-order valence-corrected chi connectivity index (χ0v) is 11.8. The molecule has 0 spiro atoms. The van der Waals surface area contributed by atoms with Crippen molar-refractivity contribution in [2.45, 2.75) is 43.7 Å². The van der Waals surface area contributed by atoms with E-state index in [1.54, 1.807) is 6.92 Å². The molecule has 0 aromatic carbocycles. The first-order valence-corrected chi connectivity index (χ1v) is 6.99. The number of rotatable bonds is 7. The van der Waals surface area contributed by atoms with Crippen molar-refractivity contribution in [3.63, 3.8) is 0 Å². The summed E-state index contributed by atoms with van der Waals surface area (Å²) in [6.07, 6.45) is 2.87. The molecule has 98 valence electrons. The van der Waals surface area contributed by atoms with E-state index < -0.39 is 5.60 Å². The molecule has 1 aromatic heterocycles. The molecule has 1 aromatic rings. The average Bonchev–Trinajstić information content (AvgIpc) is 2.57. The fourth-order valence-corrected chi connectivity index (χ4v) is 2.65. The Hall–Kier alpha value is -0.520. The van der Waals surface area contributed by atoms with E-state index in [4.69, 9.17) is 5.73 Å². The van der Waals surface area contributed by atoms with E-state index in [0.29, 0.717) is 6.54 Å². The lowest BCUT2D eigenvalue weighted by molar-refractivity contribution is 0.0577. The van der Waals surface area contributed by atoms with Crippen LogP contribution >= 0.6 is 11.8 Å². The number of hydrogen-bond donors (Lipinski definition) is 2. The maximum Gasteiger partial charge on any atom is 0.0939 e. The molecule has 1 rings (SSSR count). The first-order valence-electron chi connectivity index (χ1n) is 6.00. The van der Waals surface area contributed by atoms with Crippen LogP contribution < -0.4 is 5.73 Å². The van der Waals surface area contributed by atoms with Crippen molar-refractivity contribution in [3.8, 4) is 0 Å². The molecule has 0 bridgehead atoms. The van der Waals surface area contributed by atoms with Gasteiger partial charge in [0.15, 0.2) is 0 Å². The monoisotopic (exact) mass is 257 g/mol. The molecule has 3 N–H and O–H groups in total. The standard InChI is InChI=1S/C12H23N3OS/c1-10-8-11(15(3)14-10)17-7-5-4-6-12(2,16)9-13/h8,16H,4-7,9,13H2,1-3H3. The van der Waals surface area contributed by atoms with Crippen LogP contribution in [0.4, 0.5) is 0 Å². The summed E-state index contributed by atoms with van der Waals surface area (Å²) in [5.41, 5.74) is 5.82. The molecule has 0 aliphatic carbocycles. The maximum atomic E-state index is 9.74. The summed E-state index contributed by atoms with van der Waals surface area (Å²) in [6.45, 7) is 4.13. The van der Waals surface area contributed by atoms with E-state index in [-0.39, 0.29) is 0 Å².